The van der Waals surface area contributed by atoms with Gasteiger partial charge in [0.25, 0.3) is 5.91 Å². The minimum Gasteiger partial charge on any atom is -0.271 e. The van der Waals surface area contributed by atoms with Crippen molar-refractivity contribution in [1.29, 1.82) is 0 Å². The van der Waals surface area contributed by atoms with Gasteiger partial charge in [-0.2, -0.15) is 10.2 Å². The van der Waals surface area contributed by atoms with Crippen LogP contribution in [0.15, 0.2) is 28.9 Å². The number of amides is 1. The Kier molecular flexibility index (Phi) is 4.20. The van der Waals surface area contributed by atoms with Gasteiger partial charge >= 0.3 is 5.69 Å². The van der Waals surface area contributed by atoms with Crippen LogP contribution in [0.3, 0.4) is 0 Å². The summed E-state index contributed by atoms with van der Waals surface area (Å²) >= 11 is 1.52. The fourth-order valence-electron chi connectivity index (χ4n) is 1.40. The first-order valence-corrected chi connectivity index (χ1v) is 6.47. The van der Waals surface area contributed by atoms with E-state index in [2.05, 4.69) is 15.6 Å². The number of rotatable bonds is 5. The monoisotopic (exact) mass is 293 g/mol. The van der Waals surface area contributed by atoms with Gasteiger partial charge in [0.15, 0.2) is 0 Å². The molecular formula is C11H11N5O3S. The van der Waals surface area contributed by atoms with Crippen LogP contribution in [-0.2, 0) is 11.3 Å². The van der Waals surface area contributed by atoms with E-state index in [4.69, 9.17) is 0 Å². The Bertz CT molecular complexity index is 661. The standard InChI is InChI=1S/C11H11N5O3S/c1-8-2-3-20-10(8)5-12-14-11(17)7-15-6-9(4-13-15)16(18)19/h2-6H,7H2,1H3,(H,14,17). The van der Waals surface area contributed by atoms with Gasteiger partial charge < -0.3 is 0 Å². The lowest BCUT2D eigenvalue weighted by Crippen LogP contribution is -2.23. The fraction of sp³-hybridized carbons (Fsp3) is 0.182. The van der Waals surface area contributed by atoms with Crippen molar-refractivity contribution in [2.75, 3.05) is 0 Å². The van der Waals surface area contributed by atoms with E-state index in [1.807, 2.05) is 18.4 Å². The second-order valence-electron chi connectivity index (χ2n) is 3.91. The Morgan fingerprint density at radius 2 is 2.50 bits per heavy atom. The Labute approximate surface area is 117 Å². The van der Waals surface area contributed by atoms with Crippen LogP contribution < -0.4 is 5.43 Å². The SMILES string of the molecule is Cc1ccsc1C=NNC(=O)Cn1cc([N+](=O)[O-])cn1. The van der Waals surface area contributed by atoms with Crippen molar-refractivity contribution in [2.24, 2.45) is 5.10 Å². The largest absolute Gasteiger partial charge is 0.307 e. The van der Waals surface area contributed by atoms with Crippen molar-refractivity contribution in [2.45, 2.75) is 13.5 Å². The average molecular weight is 293 g/mol. The lowest BCUT2D eigenvalue weighted by molar-refractivity contribution is -0.385. The summed E-state index contributed by atoms with van der Waals surface area (Å²) in [5.41, 5.74) is 3.26. The highest BCUT2D eigenvalue weighted by Gasteiger charge is 2.10. The number of hydrogen-bond donors (Lipinski definition) is 1. The maximum Gasteiger partial charge on any atom is 0.307 e. The van der Waals surface area contributed by atoms with E-state index in [1.54, 1.807) is 6.21 Å². The predicted octanol–water partition coefficient (Wildman–Crippen LogP) is 1.31. The molecule has 0 aliphatic heterocycles. The van der Waals surface area contributed by atoms with Crippen LogP contribution in [0, 0.1) is 17.0 Å². The maximum absolute atomic E-state index is 11.6. The third kappa shape index (κ3) is 3.48. The van der Waals surface area contributed by atoms with Gasteiger partial charge in [-0.1, -0.05) is 0 Å². The van der Waals surface area contributed by atoms with E-state index in [1.165, 1.54) is 22.2 Å². The van der Waals surface area contributed by atoms with Crippen LogP contribution in [0.4, 0.5) is 5.69 Å². The molecule has 0 aliphatic rings. The van der Waals surface area contributed by atoms with E-state index >= 15 is 0 Å². The lowest BCUT2D eigenvalue weighted by Gasteiger charge is -1.99. The highest BCUT2D eigenvalue weighted by molar-refractivity contribution is 7.11. The fourth-order valence-corrected chi connectivity index (χ4v) is 2.18. The molecule has 9 heteroatoms. The van der Waals surface area contributed by atoms with Gasteiger partial charge in [0.05, 0.1) is 11.1 Å². The first kappa shape index (κ1) is 13.9. The summed E-state index contributed by atoms with van der Waals surface area (Å²) in [6.07, 6.45) is 3.84. The molecule has 2 aromatic rings. The third-order valence-corrected chi connectivity index (χ3v) is 3.36. The number of nitrogens with zero attached hydrogens (tertiary/aromatic N) is 4. The van der Waals surface area contributed by atoms with E-state index < -0.39 is 10.8 Å². The second kappa shape index (κ2) is 6.06. The summed E-state index contributed by atoms with van der Waals surface area (Å²) in [5.74, 6) is -0.409. The van der Waals surface area contributed by atoms with Gasteiger partial charge in [0.1, 0.15) is 18.9 Å². The molecular weight excluding hydrogens is 282 g/mol. The smallest absolute Gasteiger partial charge is 0.271 e. The first-order chi connectivity index (χ1) is 9.56. The van der Waals surface area contributed by atoms with Crippen molar-refractivity contribution in [1.82, 2.24) is 15.2 Å². The van der Waals surface area contributed by atoms with E-state index in [-0.39, 0.29) is 12.2 Å². The molecule has 0 aromatic carbocycles. The predicted molar refractivity (Wildman–Crippen MR) is 73.7 cm³/mol. The van der Waals surface area contributed by atoms with Gasteiger partial charge in [0, 0.05) is 4.88 Å². The van der Waals surface area contributed by atoms with Crippen molar-refractivity contribution >= 4 is 29.1 Å². The Morgan fingerprint density at radius 3 is 3.10 bits per heavy atom. The minimum absolute atomic E-state index is 0.130. The van der Waals surface area contributed by atoms with Crippen molar-refractivity contribution < 1.29 is 9.72 Å². The molecule has 0 saturated heterocycles. The zero-order valence-electron chi connectivity index (χ0n) is 10.5. The second-order valence-corrected chi connectivity index (χ2v) is 4.86. The molecule has 0 fully saturated rings. The van der Waals surface area contributed by atoms with Gasteiger partial charge in [-0.25, -0.2) is 5.43 Å². The average Bonchev–Trinajstić information content (AvgIpc) is 2.99. The van der Waals surface area contributed by atoms with Crippen LogP contribution in [0.25, 0.3) is 0 Å². The van der Waals surface area contributed by atoms with Gasteiger partial charge in [0.2, 0.25) is 0 Å². The molecule has 0 atom stereocenters. The highest BCUT2D eigenvalue weighted by Crippen LogP contribution is 2.12. The first-order valence-electron chi connectivity index (χ1n) is 5.59. The zero-order valence-corrected chi connectivity index (χ0v) is 11.3. The van der Waals surface area contributed by atoms with Gasteiger partial charge in [-0.05, 0) is 23.9 Å². The summed E-state index contributed by atoms with van der Waals surface area (Å²) in [6.45, 7) is 1.82. The van der Waals surface area contributed by atoms with E-state index in [9.17, 15) is 14.9 Å². The van der Waals surface area contributed by atoms with Gasteiger partial charge in [-0.3, -0.25) is 19.6 Å². The molecule has 0 unspecified atom stereocenters. The number of carbonyl (C=O) groups excluding carboxylic acids is 1. The quantitative estimate of drug-likeness (QED) is 0.510. The molecule has 0 saturated carbocycles. The summed E-state index contributed by atoms with van der Waals surface area (Å²) in [4.78, 5) is 22.4. The number of hydrogen-bond acceptors (Lipinski definition) is 6. The van der Waals surface area contributed by atoms with Crippen molar-refractivity contribution in [3.05, 3.63) is 44.4 Å². The highest BCUT2D eigenvalue weighted by atomic mass is 32.1. The molecule has 0 spiro atoms. The molecule has 104 valence electrons. The normalized spacial score (nSPS) is 10.8. The molecule has 0 aliphatic carbocycles. The summed E-state index contributed by atoms with van der Waals surface area (Å²) < 4.78 is 1.18. The molecule has 2 heterocycles. The molecule has 1 amide bonds. The van der Waals surface area contributed by atoms with Crippen LogP contribution in [0.2, 0.25) is 0 Å². The number of aromatic nitrogens is 2. The van der Waals surface area contributed by atoms with Crippen LogP contribution in [0.5, 0.6) is 0 Å². The number of aryl methyl sites for hydroxylation is 1. The van der Waals surface area contributed by atoms with E-state index in [0.717, 1.165) is 16.6 Å². The summed E-state index contributed by atoms with van der Waals surface area (Å²) in [7, 11) is 0. The topological polar surface area (TPSA) is 102 Å². The number of nitro groups is 1. The lowest BCUT2D eigenvalue weighted by atomic mass is 10.3. The third-order valence-electron chi connectivity index (χ3n) is 2.41. The maximum atomic E-state index is 11.6. The molecule has 0 radical (unpaired) electrons. The molecule has 0 bridgehead atoms. The zero-order chi connectivity index (χ0) is 14.5. The number of thiophene rings is 1. The van der Waals surface area contributed by atoms with Crippen molar-refractivity contribution in [3.8, 4) is 0 Å². The minimum atomic E-state index is -0.570. The molecule has 2 rings (SSSR count). The molecule has 20 heavy (non-hydrogen) atoms. The van der Waals surface area contributed by atoms with Crippen LogP contribution in [0.1, 0.15) is 10.4 Å². The van der Waals surface area contributed by atoms with Crippen LogP contribution >= 0.6 is 11.3 Å². The number of hydrazone groups is 1. The molecule has 8 nitrogen and oxygen atoms in total. The van der Waals surface area contributed by atoms with Crippen LogP contribution in [-0.4, -0.2) is 26.8 Å². The van der Waals surface area contributed by atoms with Crippen molar-refractivity contribution in [3.63, 3.8) is 0 Å². The van der Waals surface area contributed by atoms with E-state index in [0.29, 0.717) is 0 Å². The summed E-state index contributed by atoms with van der Waals surface area (Å²) in [5, 5.41) is 19.9. The molecule has 2 aromatic heterocycles. The molecule has 1 N–H and O–H groups in total. The Balaban J connectivity index is 1.87. The summed E-state index contributed by atoms with van der Waals surface area (Å²) in [6, 6.07) is 1.96. The van der Waals surface area contributed by atoms with Gasteiger partial charge in [-0.15, -0.1) is 11.3 Å². The Hall–Kier alpha value is -2.55. The number of nitrogens with one attached hydrogen (secondary N) is 1. The Morgan fingerprint density at radius 1 is 1.70 bits per heavy atom. The number of carbonyl (C=O) groups is 1.